The minimum absolute atomic E-state index is 0.0929. The van der Waals surface area contributed by atoms with Crippen molar-refractivity contribution in [3.8, 4) is 0 Å². The molecule has 14 heavy (non-hydrogen) atoms. The van der Waals surface area contributed by atoms with Crippen molar-refractivity contribution >= 4 is 17.2 Å². The van der Waals surface area contributed by atoms with Crippen LogP contribution < -0.4 is 5.73 Å². The Morgan fingerprint density at radius 2 is 1.71 bits per heavy atom. The molecule has 0 bridgehead atoms. The predicted octanol–water partition coefficient (Wildman–Crippen LogP) is 0.256. The third-order valence-corrected chi connectivity index (χ3v) is 2.47. The molecule has 0 aliphatic carbocycles. The quantitative estimate of drug-likeness (QED) is 0.594. The number of nitrogens with two attached hydrogens (primary N) is 1. The number of hydrogen-bond donors (Lipinski definition) is 1. The van der Waals surface area contributed by atoms with Gasteiger partial charge in [-0.2, -0.15) is 0 Å². The maximum Gasteiger partial charge on any atom is 0.0899 e. The van der Waals surface area contributed by atoms with E-state index in [9.17, 15) is 0 Å². The zero-order chi connectivity index (χ0) is 11.0. The summed E-state index contributed by atoms with van der Waals surface area (Å²) in [4.78, 5) is 2.66. The van der Waals surface area contributed by atoms with Gasteiger partial charge in [0.25, 0.3) is 0 Å². The number of ether oxygens (including phenoxy) is 2. The highest BCUT2D eigenvalue weighted by Gasteiger charge is 2.15. The van der Waals surface area contributed by atoms with Crippen molar-refractivity contribution in [1.29, 1.82) is 0 Å². The highest BCUT2D eigenvalue weighted by atomic mass is 32.1. The molecule has 0 fully saturated rings. The van der Waals surface area contributed by atoms with E-state index in [1.807, 2.05) is 6.92 Å². The largest absolute Gasteiger partial charge is 0.392 e. The summed E-state index contributed by atoms with van der Waals surface area (Å²) in [5, 5.41) is 0. The molecule has 0 aromatic carbocycles. The second-order valence-corrected chi connectivity index (χ2v) is 3.57. The van der Waals surface area contributed by atoms with Gasteiger partial charge in [0.15, 0.2) is 0 Å². The molecule has 0 rings (SSSR count). The third-order valence-electron chi connectivity index (χ3n) is 2.12. The molecule has 1 unspecified atom stereocenters. The standard InChI is InChI=1S/C9H20N2O2S/c1-8(9(10)14)11(4-6-12-2)5-7-13-3/h8H,4-7H2,1-3H3,(H2,10,14). The molecule has 0 aromatic rings. The average molecular weight is 220 g/mol. The molecule has 1 atom stereocenters. The first-order valence-electron chi connectivity index (χ1n) is 4.64. The number of hydrogen-bond acceptors (Lipinski definition) is 4. The molecule has 0 amide bonds. The minimum atomic E-state index is 0.0929. The van der Waals surface area contributed by atoms with Crippen LogP contribution in [0.1, 0.15) is 6.92 Å². The lowest BCUT2D eigenvalue weighted by atomic mass is 10.3. The second-order valence-electron chi connectivity index (χ2n) is 3.10. The average Bonchev–Trinajstić information content (AvgIpc) is 2.17. The Balaban J connectivity index is 4.01. The predicted molar refractivity (Wildman–Crippen MR) is 61.6 cm³/mol. The van der Waals surface area contributed by atoms with E-state index in [-0.39, 0.29) is 6.04 Å². The fraction of sp³-hybridized carbons (Fsp3) is 0.889. The van der Waals surface area contributed by atoms with Gasteiger partial charge >= 0.3 is 0 Å². The lowest BCUT2D eigenvalue weighted by molar-refractivity contribution is 0.107. The first-order chi connectivity index (χ1) is 6.63. The van der Waals surface area contributed by atoms with Gasteiger partial charge in [-0.15, -0.1) is 0 Å². The van der Waals surface area contributed by atoms with Crippen molar-refractivity contribution in [2.75, 3.05) is 40.5 Å². The van der Waals surface area contributed by atoms with Gasteiger partial charge in [0.2, 0.25) is 0 Å². The number of nitrogens with zero attached hydrogens (tertiary/aromatic N) is 1. The molecule has 0 aliphatic heterocycles. The van der Waals surface area contributed by atoms with Gasteiger partial charge in [-0.05, 0) is 6.92 Å². The third kappa shape index (κ3) is 5.49. The zero-order valence-corrected chi connectivity index (χ0v) is 9.97. The van der Waals surface area contributed by atoms with Crippen LogP contribution >= 0.6 is 12.2 Å². The molecule has 0 radical (unpaired) electrons. The Bertz CT molecular complexity index is 159. The maximum absolute atomic E-state index is 5.59. The van der Waals surface area contributed by atoms with Crippen LogP contribution in [0.3, 0.4) is 0 Å². The van der Waals surface area contributed by atoms with E-state index >= 15 is 0 Å². The fourth-order valence-corrected chi connectivity index (χ4v) is 1.25. The van der Waals surface area contributed by atoms with Crippen LogP contribution in [0.4, 0.5) is 0 Å². The van der Waals surface area contributed by atoms with Gasteiger partial charge < -0.3 is 15.2 Å². The summed E-state index contributed by atoms with van der Waals surface area (Å²) >= 11 is 4.95. The molecule has 84 valence electrons. The van der Waals surface area contributed by atoms with E-state index < -0.39 is 0 Å². The Kier molecular flexibility index (Phi) is 7.98. The van der Waals surface area contributed by atoms with Crippen molar-refractivity contribution in [1.82, 2.24) is 4.90 Å². The zero-order valence-electron chi connectivity index (χ0n) is 9.16. The van der Waals surface area contributed by atoms with Crippen LogP contribution in [0.5, 0.6) is 0 Å². The highest BCUT2D eigenvalue weighted by Crippen LogP contribution is 1.99. The van der Waals surface area contributed by atoms with Crippen molar-refractivity contribution in [3.05, 3.63) is 0 Å². The molecule has 4 nitrogen and oxygen atoms in total. The van der Waals surface area contributed by atoms with Crippen LogP contribution in [-0.4, -0.2) is 56.5 Å². The number of rotatable bonds is 8. The molecule has 0 spiro atoms. The Morgan fingerprint density at radius 1 is 1.29 bits per heavy atom. The summed E-state index contributed by atoms with van der Waals surface area (Å²) in [5.41, 5.74) is 5.59. The second kappa shape index (κ2) is 8.11. The van der Waals surface area contributed by atoms with Gasteiger partial charge in [-0.3, -0.25) is 4.90 Å². The summed E-state index contributed by atoms with van der Waals surface area (Å²) < 4.78 is 10.0. The van der Waals surface area contributed by atoms with E-state index in [0.717, 1.165) is 13.1 Å². The Labute approximate surface area is 91.3 Å². The molecule has 0 saturated carbocycles. The van der Waals surface area contributed by atoms with Gasteiger partial charge in [-0.25, -0.2) is 0 Å². The van der Waals surface area contributed by atoms with E-state index in [1.54, 1.807) is 14.2 Å². The summed E-state index contributed by atoms with van der Waals surface area (Å²) in [7, 11) is 3.36. The molecule has 0 aliphatic rings. The molecule has 5 heteroatoms. The monoisotopic (exact) mass is 220 g/mol. The molecular weight excluding hydrogens is 200 g/mol. The van der Waals surface area contributed by atoms with Crippen LogP contribution in [0.15, 0.2) is 0 Å². The molecule has 0 saturated heterocycles. The molecule has 0 heterocycles. The van der Waals surface area contributed by atoms with Gasteiger partial charge in [0.05, 0.1) is 24.2 Å². The van der Waals surface area contributed by atoms with Crippen LogP contribution in [0.25, 0.3) is 0 Å². The summed E-state index contributed by atoms with van der Waals surface area (Å²) in [5.74, 6) is 0. The van der Waals surface area contributed by atoms with E-state index in [1.165, 1.54) is 0 Å². The van der Waals surface area contributed by atoms with Crippen LogP contribution in [-0.2, 0) is 9.47 Å². The summed E-state index contributed by atoms with van der Waals surface area (Å²) in [6.07, 6.45) is 0. The first-order valence-corrected chi connectivity index (χ1v) is 5.05. The van der Waals surface area contributed by atoms with Crippen LogP contribution in [0, 0.1) is 0 Å². The Morgan fingerprint density at radius 3 is 2.00 bits per heavy atom. The molecular formula is C9H20N2O2S. The van der Waals surface area contributed by atoms with Crippen LogP contribution in [0.2, 0.25) is 0 Å². The number of thiocarbonyl (C=S) groups is 1. The lowest BCUT2D eigenvalue weighted by Crippen LogP contribution is -2.44. The van der Waals surface area contributed by atoms with E-state index in [0.29, 0.717) is 18.2 Å². The SMILES string of the molecule is COCCN(CCOC)C(C)C(N)=S. The lowest BCUT2D eigenvalue weighted by Gasteiger charge is -2.27. The fourth-order valence-electron chi connectivity index (χ4n) is 1.10. The maximum atomic E-state index is 5.59. The minimum Gasteiger partial charge on any atom is -0.392 e. The molecule has 2 N–H and O–H groups in total. The van der Waals surface area contributed by atoms with Crippen molar-refractivity contribution in [2.24, 2.45) is 5.73 Å². The van der Waals surface area contributed by atoms with Crippen molar-refractivity contribution in [2.45, 2.75) is 13.0 Å². The van der Waals surface area contributed by atoms with Gasteiger partial charge in [-0.1, -0.05) is 12.2 Å². The smallest absolute Gasteiger partial charge is 0.0899 e. The summed E-state index contributed by atoms with van der Waals surface area (Å²) in [6.45, 7) is 4.98. The van der Waals surface area contributed by atoms with Crippen molar-refractivity contribution in [3.63, 3.8) is 0 Å². The van der Waals surface area contributed by atoms with Crippen molar-refractivity contribution < 1.29 is 9.47 Å². The Hall–Kier alpha value is -0.230. The first kappa shape index (κ1) is 13.8. The highest BCUT2D eigenvalue weighted by molar-refractivity contribution is 7.80. The topological polar surface area (TPSA) is 47.7 Å². The van der Waals surface area contributed by atoms with Gasteiger partial charge in [0.1, 0.15) is 0 Å². The molecule has 0 aromatic heterocycles. The number of methoxy groups -OCH3 is 2. The summed E-state index contributed by atoms with van der Waals surface area (Å²) in [6, 6.07) is 0.0929. The van der Waals surface area contributed by atoms with E-state index in [4.69, 9.17) is 27.4 Å². The van der Waals surface area contributed by atoms with Gasteiger partial charge in [0, 0.05) is 27.3 Å². The normalized spacial score (nSPS) is 13.1. The van der Waals surface area contributed by atoms with E-state index in [2.05, 4.69) is 4.90 Å².